The normalized spacial score (nSPS) is 10.8. The number of hydrogen-bond donors (Lipinski definition) is 2. The third kappa shape index (κ3) is 3.04. The molecule has 0 aliphatic carbocycles. The Kier molecular flexibility index (Phi) is 3.93. The second-order valence-electron chi connectivity index (χ2n) is 6.25. The topological polar surface area (TPSA) is 63.9 Å². The van der Waals surface area contributed by atoms with Gasteiger partial charge in [-0.2, -0.15) is 0 Å². The van der Waals surface area contributed by atoms with Gasteiger partial charge < -0.3 is 19.8 Å². The first-order chi connectivity index (χ1) is 12.6. The lowest BCUT2D eigenvalue weighted by molar-refractivity contribution is 0.262. The number of imidazole rings is 1. The Morgan fingerprint density at radius 1 is 0.962 bits per heavy atom. The van der Waals surface area contributed by atoms with E-state index in [4.69, 9.17) is 0 Å². The fourth-order valence-electron chi connectivity index (χ4n) is 3.04. The molecule has 2 amide bonds. The van der Waals surface area contributed by atoms with Crippen LogP contribution in [-0.2, 0) is 14.1 Å². The van der Waals surface area contributed by atoms with Gasteiger partial charge >= 0.3 is 6.03 Å². The summed E-state index contributed by atoms with van der Waals surface area (Å²) in [6.45, 7) is 0. The van der Waals surface area contributed by atoms with E-state index in [-0.39, 0.29) is 6.03 Å². The molecule has 4 aromatic rings. The third-order valence-corrected chi connectivity index (χ3v) is 4.38. The fourth-order valence-corrected chi connectivity index (χ4v) is 3.04. The van der Waals surface area contributed by atoms with Gasteiger partial charge in [-0.1, -0.05) is 12.1 Å². The highest BCUT2D eigenvalue weighted by molar-refractivity contribution is 6.01. The number of aryl methyl sites for hydroxylation is 2. The number of nitrogens with one attached hydrogen (secondary N) is 2. The standard InChI is InChI=1S/C20H19N5O/c1-24-9-8-15-11-17(6-7-18(15)24)23-20(26)22-16-5-3-4-14(10-16)19-12-21-13-25(19)2/h3-13H,1-2H3,(H2,22,23,26). The number of carbonyl (C=O) groups is 1. The summed E-state index contributed by atoms with van der Waals surface area (Å²) < 4.78 is 3.98. The van der Waals surface area contributed by atoms with Crippen LogP contribution in [0, 0.1) is 0 Å². The summed E-state index contributed by atoms with van der Waals surface area (Å²) in [6.07, 6.45) is 5.55. The molecule has 0 aliphatic rings. The summed E-state index contributed by atoms with van der Waals surface area (Å²) in [5.41, 5.74) is 4.59. The maximum atomic E-state index is 12.3. The van der Waals surface area contributed by atoms with Crippen LogP contribution in [0.4, 0.5) is 16.2 Å². The summed E-state index contributed by atoms with van der Waals surface area (Å²) in [6, 6.07) is 15.3. The SMILES string of the molecule is Cn1cncc1-c1cccc(NC(=O)Nc2ccc3c(ccn3C)c2)c1. The van der Waals surface area contributed by atoms with Crippen molar-refractivity contribution < 1.29 is 4.79 Å². The van der Waals surface area contributed by atoms with Crippen molar-refractivity contribution in [2.75, 3.05) is 10.6 Å². The van der Waals surface area contributed by atoms with E-state index < -0.39 is 0 Å². The van der Waals surface area contributed by atoms with Crippen molar-refractivity contribution in [2.45, 2.75) is 0 Å². The van der Waals surface area contributed by atoms with E-state index in [0.717, 1.165) is 33.5 Å². The van der Waals surface area contributed by atoms with Crippen LogP contribution in [-0.4, -0.2) is 20.1 Å². The Hall–Kier alpha value is -3.54. The van der Waals surface area contributed by atoms with Gasteiger partial charge in [0.05, 0.1) is 18.2 Å². The van der Waals surface area contributed by atoms with Gasteiger partial charge in [0.15, 0.2) is 0 Å². The Bertz CT molecular complexity index is 1090. The van der Waals surface area contributed by atoms with E-state index in [1.165, 1.54) is 0 Å². The van der Waals surface area contributed by atoms with Gasteiger partial charge in [0, 0.05) is 48.1 Å². The average molecular weight is 345 g/mol. The van der Waals surface area contributed by atoms with Gasteiger partial charge in [-0.25, -0.2) is 9.78 Å². The van der Waals surface area contributed by atoms with E-state index >= 15 is 0 Å². The number of rotatable bonds is 3. The van der Waals surface area contributed by atoms with Crippen molar-refractivity contribution in [2.24, 2.45) is 14.1 Å². The van der Waals surface area contributed by atoms with Gasteiger partial charge in [-0.3, -0.25) is 0 Å². The highest BCUT2D eigenvalue weighted by Crippen LogP contribution is 2.23. The number of hydrogen-bond acceptors (Lipinski definition) is 2. The highest BCUT2D eigenvalue weighted by Gasteiger charge is 2.07. The van der Waals surface area contributed by atoms with Crippen molar-refractivity contribution in [1.29, 1.82) is 0 Å². The van der Waals surface area contributed by atoms with E-state index in [0.29, 0.717) is 0 Å². The second-order valence-corrected chi connectivity index (χ2v) is 6.25. The van der Waals surface area contributed by atoms with Crippen LogP contribution in [0.1, 0.15) is 0 Å². The molecule has 6 nitrogen and oxygen atoms in total. The molecule has 0 fully saturated rings. The molecule has 2 aromatic heterocycles. The summed E-state index contributed by atoms with van der Waals surface area (Å²) in [7, 11) is 3.94. The van der Waals surface area contributed by atoms with Crippen molar-refractivity contribution in [1.82, 2.24) is 14.1 Å². The zero-order chi connectivity index (χ0) is 18.1. The molecule has 0 saturated heterocycles. The molecule has 2 aromatic carbocycles. The monoisotopic (exact) mass is 345 g/mol. The molecule has 0 spiro atoms. The minimum absolute atomic E-state index is 0.276. The third-order valence-electron chi connectivity index (χ3n) is 4.38. The number of amides is 2. The number of benzene rings is 2. The quantitative estimate of drug-likeness (QED) is 0.584. The van der Waals surface area contributed by atoms with Gasteiger partial charge in [0.25, 0.3) is 0 Å². The first-order valence-electron chi connectivity index (χ1n) is 8.30. The lowest BCUT2D eigenvalue weighted by Gasteiger charge is -2.10. The summed E-state index contributed by atoms with van der Waals surface area (Å²) >= 11 is 0. The highest BCUT2D eigenvalue weighted by atomic mass is 16.2. The molecule has 26 heavy (non-hydrogen) atoms. The summed E-state index contributed by atoms with van der Waals surface area (Å²) in [5.74, 6) is 0. The molecular weight excluding hydrogens is 326 g/mol. The Balaban J connectivity index is 1.50. The molecule has 2 N–H and O–H groups in total. The maximum absolute atomic E-state index is 12.3. The van der Waals surface area contributed by atoms with Gasteiger partial charge in [0.2, 0.25) is 0 Å². The van der Waals surface area contributed by atoms with Gasteiger partial charge in [-0.15, -0.1) is 0 Å². The van der Waals surface area contributed by atoms with Crippen LogP contribution in [0.2, 0.25) is 0 Å². The minimum atomic E-state index is -0.276. The van der Waals surface area contributed by atoms with Gasteiger partial charge in [-0.05, 0) is 36.4 Å². The van der Waals surface area contributed by atoms with Crippen LogP contribution in [0.25, 0.3) is 22.2 Å². The predicted molar refractivity (Wildman–Crippen MR) is 104 cm³/mol. The minimum Gasteiger partial charge on any atom is -0.351 e. The summed E-state index contributed by atoms with van der Waals surface area (Å²) in [4.78, 5) is 16.5. The van der Waals surface area contributed by atoms with Crippen LogP contribution >= 0.6 is 0 Å². The first-order valence-corrected chi connectivity index (χ1v) is 8.30. The van der Waals surface area contributed by atoms with E-state index in [1.807, 2.05) is 78.0 Å². The molecule has 130 valence electrons. The molecule has 0 aliphatic heterocycles. The molecule has 0 unspecified atom stereocenters. The first kappa shape index (κ1) is 16.0. The summed E-state index contributed by atoms with van der Waals surface area (Å²) in [5, 5.41) is 6.85. The van der Waals surface area contributed by atoms with Crippen molar-refractivity contribution >= 4 is 28.3 Å². The molecule has 0 atom stereocenters. The van der Waals surface area contributed by atoms with Crippen molar-refractivity contribution in [3.05, 3.63) is 67.3 Å². The van der Waals surface area contributed by atoms with Crippen LogP contribution < -0.4 is 10.6 Å². The second kappa shape index (κ2) is 6.40. The molecule has 0 saturated carbocycles. The number of carbonyl (C=O) groups excluding carboxylic acids is 1. The molecule has 4 rings (SSSR count). The molecule has 0 bridgehead atoms. The smallest absolute Gasteiger partial charge is 0.323 e. The van der Waals surface area contributed by atoms with Gasteiger partial charge in [0.1, 0.15) is 0 Å². The van der Waals surface area contributed by atoms with Crippen LogP contribution in [0.3, 0.4) is 0 Å². The average Bonchev–Trinajstić information content (AvgIpc) is 3.21. The zero-order valence-electron chi connectivity index (χ0n) is 14.6. The predicted octanol–water partition coefficient (Wildman–Crippen LogP) is 4.22. The maximum Gasteiger partial charge on any atom is 0.323 e. The fraction of sp³-hybridized carbons (Fsp3) is 0.100. The van der Waals surface area contributed by atoms with E-state index in [2.05, 4.69) is 15.6 Å². The lowest BCUT2D eigenvalue weighted by atomic mass is 10.1. The van der Waals surface area contributed by atoms with Crippen LogP contribution in [0.15, 0.2) is 67.3 Å². The number of fused-ring (bicyclic) bond motifs is 1. The van der Waals surface area contributed by atoms with E-state index in [1.54, 1.807) is 12.5 Å². The zero-order valence-corrected chi connectivity index (χ0v) is 14.6. The number of nitrogens with zero attached hydrogens (tertiary/aromatic N) is 3. The number of anilines is 2. The molecule has 6 heteroatoms. The van der Waals surface area contributed by atoms with Crippen molar-refractivity contribution in [3.8, 4) is 11.3 Å². The van der Waals surface area contributed by atoms with E-state index in [9.17, 15) is 4.79 Å². The Morgan fingerprint density at radius 2 is 1.77 bits per heavy atom. The Morgan fingerprint density at radius 3 is 2.54 bits per heavy atom. The van der Waals surface area contributed by atoms with Crippen molar-refractivity contribution in [3.63, 3.8) is 0 Å². The molecule has 0 radical (unpaired) electrons. The number of urea groups is 1. The number of aromatic nitrogens is 3. The lowest BCUT2D eigenvalue weighted by Crippen LogP contribution is -2.19. The van der Waals surface area contributed by atoms with Crippen LogP contribution in [0.5, 0.6) is 0 Å². The Labute approximate surface area is 151 Å². The molecular formula is C20H19N5O. The molecule has 2 heterocycles. The largest absolute Gasteiger partial charge is 0.351 e.